The van der Waals surface area contributed by atoms with Gasteiger partial charge in [0.15, 0.2) is 0 Å². The SMILES string of the molecule is OC(Cc1cccc(Br)c1)c1ccc(C(F)(F)F)cn1. The Balaban J connectivity index is 2.11. The first-order valence-electron chi connectivity index (χ1n) is 5.82. The van der Waals surface area contributed by atoms with Crippen molar-refractivity contribution in [1.29, 1.82) is 0 Å². The van der Waals surface area contributed by atoms with Crippen LogP contribution in [-0.2, 0) is 12.6 Å². The molecule has 1 N–H and O–H groups in total. The molecule has 0 aliphatic rings. The van der Waals surface area contributed by atoms with Crippen LogP contribution < -0.4 is 0 Å². The Labute approximate surface area is 122 Å². The fourth-order valence-corrected chi connectivity index (χ4v) is 2.21. The zero-order valence-corrected chi connectivity index (χ0v) is 11.8. The summed E-state index contributed by atoms with van der Waals surface area (Å²) in [5.74, 6) is 0. The number of pyridine rings is 1. The number of nitrogens with zero attached hydrogens (tertiary/aromatic N) is 1. The van der Waals surface area contributed by atoms with Gasteiger partial charge in [0, 0.05) is 17.1 Å². The van der Waals surface area contributed by atoms with E-state index in [2.05, 4.69) is 20.9 Å². The zero-order chi connectivity index (χ0) is 14.8. The molecule has 20 heavy (non-hydrogen) atoms. The molecular weight excluding hydrogens is 335 g/mol. The summed E-state index contributed by atoms with van der Waals surface area (Å²) in [6, 6.07) is 9.47. The van der Waals surface area contributed by atoms with Gasteiger partial charge in [-0.05, 0) is 29.8 Å². The van der Waals surface area contributed by atoms with Crippen LogP contribution in [0.3, 0.4) is 0 Å². The third-order valence-electron chi connectivity index (χ3n) is 2.77. The highest BCUT2D eigenvalue weighted by molar-refractivity contribution is 9.10. The van der Waals surface area contributed by atoms with Crippen molar-refractivity contribution in [2.45, 2.75) is 18.7 Å². The molecule has 6 heteroatoms. The molecule has 2 nitrogen and oxygen atoms in total. The van der Waals surface area contributed by atoms with Crippen molar-refractivity contribution in [3.05, 3.63) is 63.9 Å². The average molecular weight is 346 g/mol. The predicted molar refractivity (Wildman–Crippen MR) is 72.0 cm³/mol. The van der Waals surface area contributed by atoms with Crippen LogP contribution >= 0.6 is 15.9 Å². The summed E-state index contributed by atoms with van der Waals surface area (Å²) in [7, 11) is 0. The van der Waals surface area contributed by atoms with Crippen LogP contribution in [0.2, 0.25) is 0 Å². The first kappa shape index (κ1) is 15.0. The van der Waals surface area contributed by atoms with Gasteiger partial charge >= 0.3 is 6.18 Å². The van der Waals surface area contributed by atoms with Crippen molar-refractivity contribution in [2.75, 3.05) is 0 Å². The highest BCUT2D eigenvalue weighted by Crippen LogP contribution is 2.29. The Morgan fingerprint density at radius 1 is 1.20 bits per heavy atom. The van der Waals surface area contributed by atoms with Crippen LogP contribution in [0, 0.1) is 0 Å². The third kappa shape index (κ3) is 3.80. The molecule has 0 saturated carbocycles. The molecule has 0 spiro atoms. The second-order valence-corrected chi connectivity index (χ2v) is 5.24. The zero-order valence-electron chi connectivity index (χ0n) is 10.2. The molecular formula is C14H11BrF3NO. The van der Waals surface area contributed by atoms with Crippen molar-refractivity contribution < 1.29 is 18.3 Å². The van der Waals surface area contributed by atoms with E-state index in [4.69, 9.17) is 0 Å². The normalized spacial score (nSPS) is 13.2. The van der Waals surface area contributed by atoms with Gasteiger partial charge in [-0.2, -0.15) is 13.2 Å². The van der Waals surface area contributed by atoms with E-state index in [1.165, 1.54) is 6.07 Å². The van der Waals surface area contributed by atoms with Crippen molar-refractivity contribution in [3.8, 4) is 0 Å². The minimum Gasteiger partial charge on any atom is -0.386 e. The molecule has 2 aromatic rings. The number of alkyl halides is 3. The Hall–Kier alpha value is -1.40. The largest absolute Gasteiger partial charge is 0.417 e. The molecule has 0 radical (unpaired) electrons. The lowest BCUT2D eigenvalue weighted by Gasteiger charge is -2.12. The second-order valence-electron chi connectivity index (χ2n) is 4.32. The fourth-order valence-electron chi connectivity index (χ4n) is 1.76. The molecule has 0 aliphatic carbocycles. The number of rotatable bonds is 3. The minimum atomic E-state index is -4.42. The number of benzene rings is 1. The number of hydrogen-bond donors (Lipinski definition) is 1. The molecule has 1 atom stereocenters. The second kappa shape index (κ2) is 5.93. The van der Waals surface area contributed by atoms with Gasteiger partial charge in [0.25, 0.3) is 0 Å². The highest BCUT2D eigenvalue weighted by Gasteiger charge is 2.30. The number of hydrogen-bond acceptors (Lipinski definition) is 2. The lowest BCUT2D eigenvalue weighted by atomic mass is 10.0. The summed E-state index contributed by atoms with van der Waals surface area (Å²) < 4.78 is 38.1. The summed E-state index contributed by atoms with van der Waals surface area (Å²) in [6.07, 6.45) is -4.33. The Kier molecular flexibility index (Phi) is 4.45. The summed E-state index contributed by atoms with van der Waals surface area (Å²) in [6.45, 7) is 0. The predicted octanol–water partition coefficient (Wildman–Crippen LogP) is 4.14. The molecule has 2 rings (SSSR count). The topological polar surface area (TPSA) is 33.1 Å². The quantitative estimate of drug-likeness (QED) is 0.906. The van der Waals surface area contributed by atoms with E-state index in [1.54, 1.807) is 0 Å². The lowest BCUT2D eigenvalue weighted by molar-refractivity contribution is -0.137. The van der Waals surface area contributed by atoms with Crippen LogP contribution in [0.1, 0.15) is 22.9 Å². The number of halogens is 4. The standard InChI is InChI=1S/C14H11BrF3NO/c15-11-3-1-2-9(6-11)7-13(20)12-5-4-10(8-19-12)14(16,17)18/h1-6,8,13,20H,7H2. The molecule has 0 saturated heterocycles. The van der Waals surface area contributed by atoms with Gasteiger partial charge in [-0.25, -0.2) is 0 Å². The minimum absolute atomic E-state index is 0.220. The Morgan fingerprint density at radius 2 is 1.95 bits per heavy atom. The maximum absolute atomic E-state index is 12.4. The number of aliphatic hydroxyl groups is 1. The average Bonchev–Trinajstić information content (AvgIpc) is 2.38. The van der Waals surface area contributed by atoms with E-state index < -0.39 is 17.8 Å². The molecule has 0 fully saturated rings. The van der Waals surface area contributed by atoms with Gasteiger partial charge in [0.05, 0.1) is 17.4 Å². The molecule has 1 aromatic carbocycles. The van der Waals surface area contributed by atoms with E-state index in [0.29, 0.717) is 0 Å². The lowest BCUT2D eigenvalue weighted by Crippen LogP contribution is -2.08. The first-order valence-corrected chi connectivity index (χ1v) is 6.61. The van der Waals surface area contributed by atoms with Gasteiger partial charge in [-0.15, -0.1) is 0 Å². The van der Waals surface area contributed by atoms with E-state index in [0.717, 1.165) is 22.3 Å². The van der Waals surface area contributed by atoms with Crippen LogP contribution in [0.25, 0.3) is 0 Å². The van der Waals surface area contributed by atoms with Gasteiger partial charge in [-0.1, -0.05) is 28.1 Å². The van der Waals surface area contributed by atoms with Crippen LogP contribution in [-0.4, -0.2) is 10.1 Å². The van der Waals surface area contributed by atoms with E-state index >= 15 is 0 Å². The van der Waals surface area contributed by atoms with Crippen molar-refractivity contribution in [2.24, 2.45) is 0 Å². The van der Waals surface area contributed by atoms with Crippen LogP contribution in [0.15, 0.2) is 47.1 Å². The van der Waals surface area contributed by atoms with Crippen molar-refractivity contribution >= 4 is 15.9 Å². The van der Waals surface area contributed by atoms with E-state index in [1.807, 2.05) is 24.3 Å². The summed E-state index contributed by atoms with van der Waals surface area (Å²) in [5.41, 5.74) is 0.266. The van der Waals surface area contributed by atoms with Crippen molar-refractivity contribution in [3.63, 3.8) is 0 Å². The fraction of sp³-hybridized carbons (Fsp3) is 0.214. The molecule has 0 amide bonds. The van der Waals surface area contributed by atoms with Gasteiger partial charge in [-0.3, -0.25) is 4.98 Å². The summed E-state index contributed by atoms with van der Waals surface area (Å²) in [5, 5.41) is 10.00. The Bertz CT molecular complexity index is 584. The summed E-state index contributed by atoms with van der Waals surface area (Å²) in [4.78, 5) is 3.68. The Morgan fingerprint density at radius 3 is 2.50 bits per heavy atom. The maximum Gasteiger partial charge on any atom is 0.417 e. The first-order chi connectivity index (χ1) is 9.36. The van der Waals surface area contributed by atoms with Gasteiger partial charge in [0.1, 0.15) is 0 Å². The molecule has 1 heterocycles. The maximum atomic E-state index is 12.4. The van der Waals surface area contributed by atoms with E-state index in [-0.39, 0.29) is 12.1 Å². The van der Waals surface area contributed by atoms with Crippen molar-refractivity contribution in [1.82, 2.24) is 4.98 Å². The monoisotopic (exact) mass is 345 g/mol. The van der Waals surface area contributed by atoms with Crippen LogP contribution in [0.5, 0.6) is 0 Å². The molecule has 106 valence electrons. The molecule has 0 bridgehead atoms. The van der Waals surface area contributed by atoms with E-state index in [9.17, 15) is 18.3 Å². The molecule has 0 aliphatic heterocycles. The van der Waals surface area contributed by atoms with Gasteiger partial charge < -0.3 is 5.11 Å². The molecule has 1 aromatic heterocycles. The third-order valence-corrected chi connectivity index (χ3v) is 3.27. The number of aromatic nitrogens is 1. The highest BCUT2D eigenvalue weighted by atomic mass is 79.9. The van der Waals surface area contributed by atoms with Crippen LogP contribution in [0.4, 0.5) is 13.2 Å². The summed E-state index contributed by atoms with van der Waals surface area (Å²) >= 11 is 3.32. The van der Waals surface area contributed by atoms with Gasteiger partial charge in [0.2, 0.25) is 0 Å². The molecule has 1 unspecified atom stereocenters. The number of aliphatic hydroxyl groups excluding tert-OH is 1. The smallest absolute Gasteiger partial charge is 0.386 e.